The van der Waals surface area contributed by atoms with Crippen LogP contribution in [0.5, 0.6) is 0 Å². The van der Waals surface area contributed by atoms with E-state index in [1.54, 1.807) is 4.90 Å². The first kappa shape index (κ1) is 15.1. The molecule has 6 heteroatoms. The van der Waals surface area contributed by atoms with Gasteiger partial charge in [-0.05, 0) is 44.0 Å². The van der Waals surface area contributed by atoms with Gasteiger partial charge >= 0.3 is 6.03 Å². The predicted molar refractivity (Wildman–Crippen MR) is 90.8 cm³/mol. The highest BCUT2D eigenvalue weighted by atomic mass is 16.3. The average molecular weight is 327 g/mol. The molecule has 6 nitrogen and oxygen atoms in total. The van der Waals surface area contributed by atoms with Crippen molar-refractivity contribution in [1.82, 2.24) is 9.80 Å². The lowest BCUT2D eigenvalue weighted by atomic mass is 9.95. The quantitative estimate of drug-likeness (QED) is 0.876. The Balaban J connectivity index is 1.52. The van der Waals surface area contributed by atoms with E-state index in [1.807, 2.05) is 43.1 Å². The number of furan rings is 1. The molecule has 3 fully saturated rings. The first-order chi connectivity index (χ1) is 11.5. The number of nitrogens with zero attached hydrogens (tertiary/aromatic N) is 2. The first-order valence-electron chi connectivity index (χ1n) is 8.34. The molecule has 1 aromatic heterocycles. The Hall–Kier alpha value is -2.50. The van der Waals surface area contributed by atoms with Crippen molar-refractivity contribution in [2.24, 2.45) is 5.92 Å². The molecule has 0 spiro atoms. The zero-order valence-corrected chi connectivity index (χ0v) is 13.9. The van der Waals surface area contributed by atoms with Gasteiger partial charge in [-0.2, -0.15) is 0 Å². The van der Waals surface area contributed by atoms with E-state index in [2.05, 4.69) is 5.32 Å². The minimum absolute atomic E-state index is 0.0708. The summed E-state index contributed by atoms with van der Waals surface area (Å²) in [6, 6.07) is 7.54. The summed E-state index contributed by atoms with van der Waals surface area (Å²) in [7, 11) is 1.84. The van der Waals surface area contributed by atoms with Crippen LogP contribution in [0.1, 0.15) is 18.6 Å². The third-order valence-electron chi connectivity index (χ3n) is 5.14. The molecule has 0 radical (unpaired) electrons. The molecule has 3 saturated heterocycles. The maximum atomic E-state index is 12.7. The van der Waals surface area contributed by atoms with E-state index in [0.29, 0.717) is 13.1 Å². The average Bonchev–Trinajstić information content (AvgIpc) is 2.73. The van der Waals surface area contributed by atoms with E-state index in [0.717, 1.165) is 35.3 Å². The summed E-state index contributed by atoms with van der Waals surface area (Å²) in [6.45, 7) is 3.00. The van der Waals surface area contributed by atoms with Crippen molar-refractivity contribution >= 4 is 28.6 Å². The van der Waals surface area contributed by atoms with Crippen molar-refractivity contribution in [3.05, 3.63) is 30.0 Å². The van der Waals surface area contributed by atoms with Gasteiger partial charge in [0.05, 0.1) is 5.92 Å². The fourth-order valence-electron chi connectivity index (χ4n) is 3.78. The number of aryl methyl sites for hydroxylation is 1. The zero-order chi connectivity index (χ0) is 16.8. The van der Waals surface area contributed by atoms with Crippen LogP contribution < -0.4 is 5.32 Å². The Labute approximate surface area is 140 Å². The molecule has 2 bridgehead atoms. The van der Waals surface area contributed by atoms with Crippen LogP contribution in [0, 0.1) is 12.8 Å². The van der Waals surface area contributed by atoms with Gasteiger partial charge in [0, 0.05) is 37.3 Å². The number of carbonyl (C=O) groups is 2. The minimum Gasteiger partial charge on any atom is -0.461 e. The summed E-state index contributed by atoms with van der Waals surface area (Å²) >= 11 is 0. The highest BCUT2D eigenvalue weighted by Crippen LogP contribution is 2.28. The summed E-state index contributed by atoms with van der Waals surface area (Å²) in [5.74, 6) is 0.939. The number of urea groups is 1. The van der Waals surface area contributed by atoms with Crippen molar-refractivity contribution in [1.29, 1.82) is 0 Å². The number of likely N-dealkylation sites (N-methyl/N-ethyl adjacent to an activating group) is 1. The summed E-state index contributed by atoms with van der Waals surface area (Å²) in [6.07, 6.45) is 1.84. The Bertz CT molecular complexity index is 813. The van der Waals surface area contributed by atoms with Crippen LogP contribution in [-0.4, -0.2) is 47.9 Å². The third kappa shape index (κ3) is 2.52. The highest BCUT2D eigenvalue weighted by Gasteiger charge is 2.40. The van der Waals surface area contributed by atoms with E-state index in [-0.39, 0.29) is 23.9 Å². The molecule has 3 aliphatic rings. The van der Waals surface area contributed by atoms with Crippen LogP contribution in [0.2, 0.25) is 0 Å². The standard InChI is InChI=1S/C18H21N3O3/c1-11-7-13-8-14(4-6-16(13)24-11)19-18(23)21-9-12-3-5-15(10-21)20(2)17(12)22/h4,6-8,12,15H,3,5,9-10H2,1-2H3,(H,19,23). The van der Waals surface area contributed by atoms with Gasteiger partial charge in [-0.1, -0.05) is 0 Å². The van der Waals surface area contributed by atoms with Gasteiger partial charge in [0.25, 0.3) is 0 Å². The number of carbonyl (C=O) groups excluding carboxylic acids is 2. The van der Waals surface area contributed by atoms with Crippen LogP contribution in [0.15, 0.2) is 28.7 Å². The lowest BCUT2D eigenvalue weighted by Gasteiger charge is -2.32. The Morgan fingerprint density at radius 3 is 2.92 bits per heavy atom. The van der Waals surface area contributed by atoms with Crippen molar-refractivity contribution in [2.45, 2.75) is 25.8 Å². The topological polar surface area (TPSA) is 65.8 Å². The summed E-state index contributed by atoms with van der Waals surface area (Å²) in [4.78, 5) is 28.5. The second-order valence-electron chi connectivity index (χ2n) is 6.82. The Morgan fingerprint density at radius 1 is 1.25 bits per heavy atom. The summed E-state index contributed by atoms with van der Waals surface area (Å²) in [5, 5.41) is 3.92. The second kappa shape index (κ2) is 5.54. The number of amides is 3. The third-order valence-corrected chi connectivity index (χ3v) is 5.14. The number of piperidine rings is 1. The molecule has 1 aromatic carbocycles. The van der Waals surface area contributed by atoms with E-state index in [9.17, 15) is 9.59 Å². The van der Waals surface area contributed by atoms with E-state index < -0.39 is 0 Å². The molecule has 1 N–H and O–H groups in total. The van der Waals surface area contributed by atoms with Gasteiger partial charge < -0.3 is 19.5 Å². The number of anilines is 1. The zero-order valence-electron chi connectivity index (χ0n) is 13.9. The fourth-order valence-corrected chi connectivity index (χ4v) is 3.78. The number of fused-ring (bicyclic) bond motifs is 5. The number of hydrogen-bond donors (Lipinski definition) is 1. The van der Waals surface area contributed by atoms with Crippen LogP contribution in [-0.2, 0) is 4.79 Å². The predicted octanol–water partition coefficient (Wildman–Crippen LogP) is 2.83. The molecular formula is C18H21N3O3. The molecule has 0 aliphatic carbocycles. The monoisotopic (exact) mass is 327 g/mol. The molecule has 5 rings (SSSR count). The van der Waals surface area contributed by atoms with Crippen molar-refractivity contribution in [2.75, 3.05) is 25.5 Å². The lowest BCUT2D eigenvalue weighted by molar-refractivity contribution is -0.138. The number of nitrogens with one attached hydrogen (secondary N) is 1. The van der Waals surface area contributed by atoms with Crippen molar-refractivity contribution in [3.63, 3.8) is 0 Å². The maximum Gasteiger partial charge on any atom is 0.321 e. The number of benzene rings is 1. The number of rotatable bonds is 1. The van der Waals surface area contributed by atoms with Gasteiger partial charge in [-0.15, -0.1) is 0 Å². The lowest BCUT2D eigenvalue weighted by Crippen LogP contribution is -2.45. The smallest absolute Gasteiger partial charge is 0.321 e. The molecule has 3 aliphatic heterocycles. The Morgan fingerprint density at radius 2 is 2.08 bits per heavy atom. The SMILES string of the molecule is Cc1cc2cc(NC(=O)N3CC4CCC(C3)N(C)C4=O)ccc2o1. The van der Waals surface area contributed by atoms with E-state index >= 15 is 0 Å². The van der Waals surface area contributed by atoms with E-state index in [4.69, 9.17) is 4.42 Å². The van der Waals surface area contributed by atoms with Crippen LogP contribution in [0.25, 0.3) is 11.0 Å². The molecular weight excluding hydrogens is 306 g/mol. The molecule has 4 heterocycles. The molecule has 3 amide bonds. The Kier molecular flexibility index (Phi) is 3.48. The van der Waals surface area contributed by atoms with Crippen LogP contribution in [0.4, 0.5) is 10.5 Å². The van der Waals surface area contributed by atoms with Gasteiger partial charge in [0.1, 0.15) is 11.3 Å². The molecule has 2 aromatic rings. The molecule has 0 saturated carbocycles. The highest BCUT2D eigenvalue weighted by molar-refractivity contribution is 5.93. The van der Waals surface area contributed by atoms with Gasteiger partial charge in [-0.25, -0.2) is 4.79 Å². The van der Waals surface area contributed by atoms with Gasteiger partial charge in [-0.3, -0.25) is 4.79 Å². The fraction of sp³-hybridized carbons (Fsp3) is 0.444. The second-order valence-corrected chi connectivity index (χ2v) is 6.82. The van der Waals surface area contributed by atoms with Gasteiger partial charge in [0.2, 0.25) is 5.91 Å². The van der Waals surface area contributed by atoms with Crippen LogP contribution >= 0.6 is 0 Å². The van der Waals surface area contributed by atoms with Gasteiger partial charge in [0.15, 0.2) is 0 Å². The molecule has 24 heavy (non-hydrogen) atoms. The normalized spacial score (nSPS) is 23.7. The molecule has 2 unspecified atom stereocenters. The minimum atomic E-state index is -0.144. The maximum absolute atomic E-state index is 12.7. The van der Waals surface area contributed by atoms with Crippen LogP contribution in [0.3, 0.4) is 0 Å². The summed E-state index contributed by atoms with van der Waals surface area (Å²) in [5.41, 5.74) is 1.55. The molecule has 126 valence electrons. The number of hydrogen-bond acceptors (Lipinski definition) is 3. The molecule has 2 atom stereocenters. The largest absolute Gasteiger partial charge is 0.461 e. The van der Waals surface area contributed by atoms with E-state index in [1.165, 1.54) is 0 Å². The summed E-state index contributed by atoms with van der Waals surface area (Å²) < 4.78 is 5.55. The first-order valence-corrected chi connectivity index (χ1v) is 8.34. The van der Waals surface area contributed by atoms with Crippen molar-refractivity contribution in [3.8, 4) is 0 Å². The van der Waals surface area contributed by atoms with Crippen molar-refractivity contribution < 1.29 is 14.0 Å².